The largest absolute Gasteiger partial charge is 0.465 e. The molecule has 0 saturated carbocycles. The first-order valence-electron chi connectivity index (χ1n) is 7.42. The molecule has 0 bridgehead atoms. The Hall–Kier alpha value is -2.11. The molecule has 126 valence electrons. The number of anilines is 1. The van der Waals surface area contributed by atoms with E-state index in [1.807, 2.05) is 13.8 Å². The molecule has 0 saturated heterocycles. The summed E-state index contributed by atoms with van der Waals surface area (Å²) in [6, 6.07) is 13.3. The molecule has 6 heteroatoms. The Bertz CT molecular complexity index is 747. The zero-order valence-corrected chi connectivity index (χ0v) is 15.3. The average molecular weight is 363 g/mol. The molecule has 2 N–H and O–H groups in total. The third-order valence-corrected chi connectivity index (χ3v) is 4.10. The van der Waals surface area contributed by atoms with Crippen LogP contribution in [-0.2, 0) is 4.74 Å². The fourth-order valence-electron chi connectivity index (χ4n) is 2.17. The second-order valence-electron chi connectivity index (χ2n) is 5.42. The summed E-state index contributed by atoms with van der Waals surface area (Å²) in [6.45, 7) is 4.08. The van der Waals surface area contributed by atoms with E-state index in [2.05, 4.69) is 34.9 Å². The number of rotatable bonds is 4. The maximum atomic E-state index is 11.7. The summed E-state index contributed by atoms with van der Waals surface area (Å²) in [4.78, 5) is 11.7. The zero-order valence-electron chi connectivity index (χ0n) is 13.7. The number of halogens is 1. The van der Waals surface area contributed by atoms with Gasteiger partial charge in [0.15, 0.2) is 5.11 Å². The van der Waals surface area contributed by atoms with E-state index in [1.165, 1.54) is 12.7 Å². The number of methoxy groups -OCH3 is 1. The maximum Gasteiger partial charge on any atom is 0.339 e. The molecule has 1 unspecified atom stereocenters. The smallest absolute Gasteiger partial charge is 0.339 e. The highest BCUT2D eigenvalue weighted by atomic mass is 35.5. The monoisotopic (exact) mass is 362 g/mol. The second-order valence-corrected chi connectivity index (χ2v) is 6.23. The third-order valence-electron chi connectivity index (χ3n) is 3.55. The van der Waals surface area contributed by atoms with Crippen LogP contribution in [0.5, 0.6) is 0 Å². The van der Waals surface area contributed by atoms with E-state index in [4.69, 9.17) is 28.6 Å². The molecule has 0 aromatic heterocycles. The number of ether oxygens (including phenoxy) is 1. The lowest BCUT2D eigenvalue weighted by Crippen LogP contribution is -2.30. The molecule has 24 heavy (non-hydrogen) atoms. The normalized spacial score (nSPS) is 11.5. The predicted molar refractivity (Wildman–Crippen MR) is 102 cm³/mol. The van der Waals surface area contributed by atoms with Gasteiger partial charge in [-0.3, -0.25) is 0 Å². The van der Waals surface area contributed by atoms with Crippen molar-refractivity contribution in [2.75, 3.05) is 12.4 Å². The van der Waals surface area contributed by atoms with E-state index in [0.29, 0.717) is 21.4 Å². The van der Waals surface area contributed by atoms with E-state index in [-0.39, 0.29) is 6.04 Å². The van der Waals surface area contributed by atoms with Gasteiger partial charge in [0.25, 0.3) is 0 Å². The third kappa shape index (κ3) is 4.69. The second kappa shape index (κ2) is 8.13. The average Bonchev–Trinajstić information content (AvgIpc) is 2.56. The van der Waals surface area contributed by atoms with Gasteiger partial charge in [-0.2, -0.15) is 0 Å². The molecule has 0 heterocycles. The van der Waals surface area contributed by atoms with Crippen LogP contribution < -0.4 is 10.6 Å². The van der Waals surface area contributed by atoms with Crippen LogP contribution in [0.2, 0.25) is 5.02 Å². The van der Waals surface area contributed by atoms with E-state index >= 15 is 0 Å². The van der Waals surface area contributed by atoms with Gasteiger partial charge in [0.05, 0.1) is 23.7 Å². The van der Waals surface area contributed by atoms with Gasteiger partial charge in [0.1, 0.15) is 0 Å². The van der Waals surface area contributed by atoms with Gasteiger partial charge in [-0.1, -0.05) is 41.4 Å². The summed E-state index contributed by atoms with van der Waals surface area (Å²) in [7, 11) is 1.31. The van der Waals surface area contributed by atoms with Gasteiger partial charge in [0.2, 0.25) is 0 Å². The Morgan fingerprint density at radius 3 is 2.50 bits per heavy atom. The van der Waals surface area contributed by atoms with Crippen molar-refractivity contribution in [2.45, 2.75) is 19.9 Å². The first-order valence-corrected chi connectivity index (χ1v) is 8.21. The van der Waals surface area contributed by atoms with Crippen molar-refractivity contribution in [3.63, 3.8) is 0 Å². The number of thiocarbonyl (C=S) groups is 1. The highest BCUT2D eigenvalue weighted by molar-refractivity contribution is 7.80. The molecule has 0 aliphatic rings. The highest BCUT2D eigenvalue weighted by Gasteiger charge is 2.12. The van der Waals surface area contributed by atoms with Gasteiger partial charge in [-0.25, -0.2) is 4.79 Å². The molecule has 2 rings (SSSR count). The fourth-order valence-corrected chi connectivity index (χ4v) is 2.66. The van der Waals surface area contributed by atoms with Crippen LogP contribution in [0, 0.1) is 6.92 Å². The molecule has 4 nitrogen and oxygen atoms in total. The molecule has 0 fully saturated rings. The molecule has 0 spiro atoms. The minimum Gasteiger partial charge on any atom is -0.465 e. The van der Waals surface area contributed by atoms with Gasteiger partial charge < -0.3 is 15.4 Å². The summed E-state index contributed by atoms with van der Waals surface area (Å²) in [6.07, 6.45) is 0. The van der Waals surface area contributed by atoms with Gasteiger partial charge in [-0.15, -0.1) is 0 Å². The van der Waals surface area contributed by atoms with Crippen molar-refractivity contribution in [2.24, 2.45) is 0 Å². The van der Waals surface area contributed by atoms with Crippen molar-refractivity contribution in [1.82, 2.24) is 5.32 Å². The minimum absolute atomic E-state index is 0.0537. The van der Waals surface area contributed by atoms with Gasteiger partial charge in [0, 0.05) is 5.69 Å². The molecule has 2 aromatic rings. The molecule has 0 aliphatic heterocycles. The minimum atomic E-state index is -0.490. The van der Waals surface area contributed by atoms with Crippen LogP contribution in [-0.4, -0.2) is 18.2 Å². The lowest BCUT2D eigenvalue weighted by molar-refractivity contribution is 0.0601. The van der Waals surface area contributed by atoms with Crippen LogP contribution in [0.15, 0.2) is 42.5 Å². The number of carbonyl (C=O) groups excluding carboxylic acids is 1. The van der Waals surface area contributed by atoms with Crippen LogP contribution >= 0.6 is 23.8 Å². The molecule has 2 aromatic carbocycles. The predicted octanol–water partition coefficient (Wildman–Crippen LogP) is 4.48. The Kier molecular flexibility index (Phi) is 6.17. The Morgan fingerprint density at radius 1 is 1.21 bits per heavy atom. The van der Waals surface area contributed by atoms with Crippen molar-refractivity contribution >= 4 is 40.6 Å². The Balaban J connectivity index is 2.04. The summed E-state index contributed by atoms with van der Waals surface area (Å²) in [5.74, 6) is -0.490. The van der Waals surface area contributed by atoms with E-state index in [9.17, 15) is 4.79 Å². The summed E-state index contributed by atoms with van der Waals surface area (Å²) < 4.78 is 4.71. The van der Waals surface area contributed by atoms with Crippen molar-refractivity contribution in [3.8, 4) is 0 Å². The van der Waals surface area contributed by atoms with Crippen LogP contribution in [0.4, 0.5) is 5.69 Å². The van der Waals surface area contributed by atoms with Crippen LogP contribution in [0.1, 0.15) is 34.5 Å². The van der Waals surface area contributed by atoms with Crippen molar-refractivity contribution < 1.29 is 9.53 Å². The van der Waals surface area contributed by atoms with E-state index in [0.717, 1.165) is 5.56 Å². The molecule has 0 radical (unpaired) electrons. The molecule has 0 amide bonds. The zero-order chi connectivity index (χ0) is 17.7. The summed E-state index contributed by atoms with van der Waals surface area (Å²) in [5.41, 5.74) is 3.30. The number of hydrogen-bond donors (Lipinski definition) is 2. The SMILES string of the molecule is COC(=O)c1cc(NC(=S)NC(C)c2ccc(C)cc2)ccc1Cl. The van der Waals surface area contributed by atoms with E-state index < -0.39 is 5.97 Å². The fraction of sp³-hybridized carbons (Fsp3) is 0.222. The van der Waals surface area contributed by atoms with Crippen LogP contribution in [0.25, 0.3) is 0 Å². The van der Waals surface area contributed by atoms with Crippen molar-refractivity contribution in [3.05, 3.63) is 64.2 Å². The number of esters is 1. The number of carbonyl (C=O) groups is 1. The number of hydrogen-bond acceptors (Lipinski definition) is 3. The Morgan fingerprint density at radius 2 is 1.88 bits per heavy atom. The topological polar surface area (TPSA) is 50.4 Å². The molecular weight excluding hydrogens is 344 g/mol. The summed E-state index contributed by atoms with van der Waals surface area (Å²) in [5, 5.41) is 7.06. The van der Waals surface area contributed by atoms with E-state index in [1.54, 1.807) is 18.2 Å². The molecular formula is C18H19ClN2O2S. The summed E-state index contributed by atoms with van der Waals surface area (Å²) >= 11 is 11.3. The maximum absolute atomic E-state index is 11.7. The van der Waals surface area contributed by atoms with Gasteiger partial charge >= 0.3 is 5.97 Å². The standard InChI is InChI=1S/C18H19ClN2O2S/c1-11-4-6-13(7-5-11)12(2)20-18(24)21-14-8-9-16(19)15(10-14)17(22)23-3/h4-10,12H,1-3H3,(H2,20,21,24). The van der Waals surface area contributed by atoms with Crippen LogP contribution in [0.3, 0.4) is 0 Å². The molecule has 1 atom stereocenters. The van der Waals surface area contributed by atoms with Gasteiger partial charge in [-0.05, 0) is 49.8 Å². The first-order chi connectivity index (χ1) is 11.4. The number of benzene rings is 2. The van der Waals surface area contributed by atoms with Crippen molar-refractivity contribution in [1.29, 1.82) is 0 Å². The quantitative estimate of drug-likeness (QED) is 0.620. The molecule has 0 aliphatic carbocycles. The number of aryl methyl sites for hydroxylation is 1. The lowest BCUT2D eigenvalue weighted by Gasteiger charge is -2.18. The number of nitrogens with one attached hydrogen (secondary N) is 2. The first kappa shape index (κ1) is 18.2. The Labute approximate surface area is 152 Å². The highest BCUT2D eigenvalue weighted by Crippen LogP contribution is 2.21. The lowest BCUT2D eigenvalue weighted by atomic mass is 10.1.